The van der Waals surface area contributed by atoms with Crippen molar-refractivity contribution in [2.45, 2.75) is 32.1 Å². The second-order valence-corrected chi connectivity index (χ2v) is 10.3. The number of anilines is 1. The number of nitrogens with two attached hydrogens (primary N) is 1. The highest BCUT2D eigenvalue weighted by Gasteiger charge is 2.24. The van der Waals surface area contributed by atoms with Crippen LogP contribution in [0.3, 0.4) is 0 Å². The molecule has 40 heavy (non-hydrogen) atoms. The fourth-order valence-corrected chi connectivity index (χ4v) is 5.50. The van der Waals surface area contributed by atoms with E-state index in [9.17, 15) is 4.79 Å². The van der Waals surface area contributed by atoms with E-state index in [0.717, 1.165) is 76.1 Å². The minimum absolute atomic E-state index is 0.0600. The van der Waals surface area contributed by atoms with Crippen molar-refractivity contribution in [1.82, 2.24) is 35.1 Å². The first-order chi connectivity index (χ1) is 19.6. The van der Waals surface area contributed by atoms with Crippen molar-refractivity contribution in [3.05, 3.63) is 90.1 Å². The Balaban J connectivity index is 1.24. The van der Waals surface area contributed by atoms with Crippen molar-refractivity contribution in [2.24, 2.45) is 11.7 Å². The molecule has 198 valence electrons. The normalized spacial score (nSPS) is 15.4. The number of pyridine rings is 3. The quantitative estimate of drug-likeness (QED) is 0.256. The van der Waals surface area contributed by atoms with E-state index < -0.39 is 0 Å². The van der Waals surface area contributed by atoms with Crippen molar-refractivity contribution in [1.29, 1.82) is 0 Å². The molecule has 0 spiro atoms. The van der Waals surface area contributed by atoms with Gasteiger partial charge in [0.1, 0.15) is 5.69 Å². The maximum atomic E-state index is 12.6. The zero-order valence-electron chi connectivity index (χ0n) is 21.7. The molecule has 5 aromatic rings. The summed E-state index contributed by atoms with van der Waals surface area (Å²) in [4.78, 5) is 34.3. The Kier molecular flexibility index (Phi) is 5.92. The van der Waals surface area contributed by atoms with Crippen LogP contribution < -0.4 is 11.1 Å². The van der Waals surface area contributed by atoms with E-state index in [4.69, 9.17) is 10.7 Å². The van der Waals surface area contributed by atoms with E-state index in [1.165, 1.54) is 0 Å². The van der Waals surface area contributed by atoms with E-state index in [2.05, 4.69) is 35.5 Å². The summed E-state index contributed by atoms with van der Waals surface area (Å²) in [7, 11) is 0. The van der Waals surface area contributed by atoms with E-state index in [0.29, 0.717) is 23.6 Å². The smallest absolute Gasteiger partial charge is 0.227 e. The lowest BCUT2D eigenvalue weighted by Crippen LogP contribution is -2.20. The number of amides is 1. The Labute approximate surface area is 229 Å². The second-order valence-electron chi connectivity index (χ2n) is 10.3. The first kappa shape index (κ1) is 24.0. The summed E-state index contributed by atoms with van der Waals surface area (Å²) in [6.07, 6.45) is 17.3. The average Bonchev–Trinajstić information content (AvgIpc) is 3.73. The van der Waals surface area contributed by atoms with Crippen LogP contribution in [-0.2, 0) is 11.2 Å². The zero-order chi connectivity index (χ0) is 27.1. The average molecular weight is 530 g/mol. The van der Waals surface area contributed by atoms with E-state index in [1.54, 1.807) is 24.8 Å². The molecule has 10 heteroatoms. The van der Waals surface area contributed by atoms with Gasteiger partial charge in [-0.25, -0.2) is 4.98 Å². The number of hydrogen-bond donors (Lipinski definition) is 4. The number of carbonyl (C=O) groups excluding carboxylic acids is 1. The van der Waals surface area contributed by atoms with Crippen molar-refractivity contribution >= 4 is 28.1 Å². The van der Waals surface area contributed by atoms with Gasteiger partial charge >= 0.3 is 0 Å². The van der Waals surface area contributed by atoms with E-state index >= 15 is 0 Å². The first-order valence-electron chi connectivity index (χ1n) is 13.4. The Morgan fingerprint density at radius 1 is 1.00 bits per heavy atom. The third-order valence-electron chi connectivity index (χ3n) is 7.55. The summed E-state index contributed by atoms with van der Waals surface area (Å²) in [5.41, 5.74) is 14.3. The molecule has 1 amide bonds. The number of imidazole rings is 1. The number of fused-ring (bicyclic) bond motifs is 2. The molecule has 0 radical (unpaired) electrons. The van der Waals surface area contributed by atoms with Crippen LogP contribution in [0.15, 0.2) is 73.1 Å². The maximum absolute atomic E-state index is 12.6. The second kappa shape index (κ2) is 9.88. The highest BCUT2D eigenvalue weighted by Crippen LogP contribution is 2.33. The molecule has 10 nitrogen and oxygen atoms in total. The van der Waals surface area contributed by atoms with E-state index in [-0.39, 0.29) is 11.8 Å². The topological polar surface area (TPSA) is 151 Å². The molecule has 5 heterocycles. The van der Waals surface area contributed by atoms with Gasteiger partial charge in [0.15, 0.2) is 5.82 Å². The number of rotatable bonds is 5. The minimum atomic E-state index is 0.0600. The van der Waals surface area contributed by atoms with Crippen LogP contribution in [0.5, 0.6) is 0 Å². The minimum Gasteiger partial charge on any atom is -0.402 e. The molecule has 5 aromatic heterocycles. The Morgan fingerprint density at radius 3 is 2.73 bits per heavy atom. The van der Waals surface area contributed by atoms with Gasteiger partial charge < -0.3 is 16.0 Å². The summed E-state index contributed by atoms with van der Waals surface area (Å²) >= 11 is 0. The van der Waals surface area contributed by atoms with Crippen LogP contribution in [0.25, 0.3) is 39.3 Å². The molecular formula is C30H27N9O. The summed E-state index contributed by atoms with van der Waals surface area (Å²) in [6.45, 7) is 0. The zero-order valence-corrected chi connectivity index (χ0v) is 21.7. The third kappa shape index (κ3) is 4.43. The number of allylic oxidation sites excluding steroid dienone is 3. The van der Waals surface area contributed by atoms with Crippen molar-refractivity contribution < 1.29 is 4.79 Å². The lowest BCUT2D eigenvalue weighted by molar-refractivity contribution is -0.119. The molecule has 0 aliphatic heterocycles. The van der Waals surface area contributed by atoms with Crippen LogP contribution in [0.1, 0.15) is 42.6 Å². The molecule has 1 fully saturated rings. The molecular weight excluding hydrogens is 502 g/mol. The molecule has 0 bridgehead atoms. The van der Waals surface area contributed by atoms with Crippen LogP contribution in [0.4, 0.5) is 5.69 Å². The summed E-state index contributed by atoms with van der Waals surface area (Å²) in [6, 6.07) is 7.78. The Morgan fingerprint density at radius 2 is 1.88 bits per heavy atom. The predicted molar refractivity (Wildman–Crippen MR) is 153 cm³/mol. The van der Waals surface area contributed by atoms with Gasteiger partial charge in [0, 0.05) is 64.4 Å². The first-order valence-corrected chi connectivity index (χ1v) is 13.4. The predicted octanol–water partition coefficient (Wildman–Crippen LogP) is 4.76. The van der Waals surface area contributed by atoms with Gasteiger partial charge in [-0.15, -0.1) is 0 Å². The largest absolute Gasteiger partial charge is 0.402 e. The van der Waals surface area contributed by atoms with Crippen LogP contribution >= 0.6 is 0 Å². The van der Waals surface area contributed by atoms with Gasteiger partial charge in [-0.3, -0.25) is 24.8 Å². The number of aromatic amines is 2. The fourth-order valence-electron chi connectivity index (χ4n) is 5.50. The van der Waals surface area contributed by atoms with Crippen LogP contribution in [0, 0.1) is 5.92 Å². The molecule has 5 N–H and O–H groups in total. The highest BCUT2D eigenvalue weighted by atomic mass is 16.1. The van der Waals surface area contributed by atoms with Gasteiger partial charge in [-0.1, -0.05) is 25.0 Å². The number of nitrogens with one attached hydrogen (secondary N) is 3. The van der Waals surface area contributed by atoms with Gasteiger partial charge in [-0.2, -0.15) is 5.10 Å². The summed E-state index contributed by atoms with van der Waals surface area (Å²) in [5.74, 6) is 0.771. The highest BCUT2D eigenvalue weighted by molar-refractivity contribution is 5.95. The molecule has 2 aliphatic carbocycles. The van der Waals surface area contributed by atoms with Crippen LogP contribution in [-0.4, -0.2) is 41.0 Å². The number of H-pyrrole nitrogens is 2. The molecule has 0 saturated heterocycles. The van der Waals surface area contributed by atoms with E-state index in [1.807, 2.05) is 42.6 Å². The standard InChI is InChI=1S/C30H27N9O/c31-20-7-8-22(18-6-3-9-32-13-18)27-25(11-20)36-29(37-27)28-23-12-24(34-16-26(23)38-39-28)19-10-21(15-33-14-19)35-30(40)17-4-1-2-5-17/h3,6-10,12-17H,1-2,4-5,11,31H2,(H,35,40)(H,36,37)(H,38,39). The summed E-state index contributed by atoms with van der Waals surface area (Å²) < 4.78 is 0. The SMILES string of the molecule is NC1=CC=C(c2cccnc2)c2nc(-c3n[nH]c4cnc(-c5cncc(NC(=O)C6CCCC6)c5)cc34)[nH]c2C1. The van der Waals surface area contributed by atoms with Gasteiger partial charge in [0.2, 0.25) is 5.91 Å². The van der Waals surface area contributed by atoms with Crippen LogP contribution in [0.2, 0.25) is 0 Å². The Bertz CT molecular complexity index is 1790. The van der Waals surface area contributed by atoms with Gasteiger partial charge in [0.05, 0.1) is 35.0 Å². The molecule has 2 aliphatic rings. The third-order valence-corrected chi connectivity index (χ3v) is 7.55. The molecule has 7 rings (SSSR count). The molecule has 0 aromatic carbocycles. The monoisotopic (exact) mass is 529 g/mol. The summed E-state index contributed by atoms with van der Waals surface area (Å²) in [5, 5.41) is 11.5. The maximum Gasteiger partial charge on any atom is 0.227 e. The van der Waals surface area contributed by atoms with Gasteiger partial charge in [0.25, 0.3) is 0 Å². The lowest BCUT2D eigenvalue weighted by Gasteiger charge is -2.11. The lowest BCUT2D eigenvalue weighted by atomic mass is 10.0. The van der Waals surface area contributed by atoms with Crippen molar-refractivity contribution in [3.8, 4) is 22.8 Å². The molecule has 1 saturated carbocycles. The van der Waals surface area contributed by atoms with Crippen molar-refractivity contribution in [2.75, 3.05) is 5.32 Å². The Hall–Kier alpha value is -5.12. The van der Waals surface area contributed by atoms with Gasteiger partial charge in [-0.05, 0) is 37.1 Å². The number of nitrogens with zero attached hydrogens (tertiary/aromatic N) is 5. The number of hydrogen-bond acceptors (Lipinski definition) is 7. The van der Waals surface area contributed by atoms with Crippen molar-refractivity contribution in [3.63, 3.8) is 0 Å². The molecule has 0 atom stereocenters. The fraction of sp³-hybridized carbons (Fsp3) is 0.200. The molecule has 0 unspecified atom stereocenters. The number of carbonyl (C=O) groups is 1. The number of aromatic nitrogens is 7.